The number of aromatic nitrogens is 3. The monoisotopic (exact) mass is 982 g/mol. The fourth-order valence-corrected chi connectivity index (χ4v) is 9.60. The Balaban J connectivity index is 1.18. The summed E-state index contributed by atoms with van der Waals surface area (Å²) in [6.07, 6.45) is 20.6. The van der Waals surface area contributed by atoms with Gasteiger partial charge in [0.1, 0.15) is 48.3 Å². The van der Waals surface area contributed by atoms with Gasteiger partial charge in [0.25, 0.3) is 6.26 Å². The molecule has 0 bridgehead atoms. The second kappa shape index (κ2) is 29.0. The lowest BCUT2D eigenvalue weighted by Crippen LogP contribution is -2.37. The molecule has 4 aromatic rings. The predicted molar refractivity (Wildman–Crippen MR) is 257 cm³/mol. The van der Waals surface area contributed by atoms with Crippen molar-refractivity contribution in [3.63, 3.8) is 0 Å². The molecule has 5 rings (SSSR count). The summed E-state index contributed by atoms with van der Waals surface area (Å²) < 4.78 is 78.7. The Kier molecular flexibility index (Phi) is 23.3. The van der Waals surface area contributed by atoms with Crippen LogP contribution in [-0.2, 0) is 43.9 Å². The second-order valence-electron chi connectivity index (χ2n) is 17.7. The van der Waals surface area contributed by atoms with Gasteiger partial charge in [-0.25, -0.2) is 18.5 Å². The first kappa shape index (κ1) is 54.6. The summed E-state index contributed by atoms with van der Waals surface area (Å²) >= 11 is 6.44. The maximum absolute atomic E-state index is 14.7. The Hall–Kier alpha value is -4.35. The first-order chi connectivity index (χ1) is 32.9. The molecule has 2 aromatic heterocycles. The van der Waals surface area contributed by atoms with Gasteiger partial charge in [-0.05, 0) is 68.3 Å². The molecule has 5 atom stereocenters. The lowest BCUT2D eigenvalue weighted by atomic mass is 10.0. The SMILES string of the molecule is CCCCCCCCCCCCCCCCCCCOC[C@H](COP(=O)(OC[C@@H](OC#N)[C@H]1OC(C)(C)O[C@H]1c1ccc2c(N)ncnn12)Oc1ccccc1Cl)OCc1cc(F)cc(C#N)c1. The number of nitriles is 2. The number of ether oxygens (including phenoxy) is 5. The standard InChI is InChI=1S/C50H69ClFN6O9P/c1-4-5-6-7-8-9-10-11-12-13-14-15-16-17-18-19-22-27-60-33-41(61-32-39-28-38(31-53)29-40(52)30-39)34-63-68(59,67-45-24-21-20-23-42(45)51)64-35-46(62-36-54)48-47(65-50(2,3)66-48)43-25-26-44-49(55)56-37-57-58(43)44/h20-21,23-26,28-30,37,41,46-48H,4-19,22,27,32-35H2,1-3H3,(H2,55,56,57)/t41-,46-,47+,48-,68?/m1/s1. The van der Waals surface area contributed by atoms with E-state index in [0.717, 1.165) is 25.3 Å². The quantitative estimate of drug-likeness (QED) is 0.0264. The molecular formula is C50H69ClFN6O9P. The lowest BCUT2D eigenvalue weighted by Gasteiger charge is -2.27. The van der Waals surface area contributed by atoms with Crippen LogP contribution in [0, 0.1) is 28.7 Å². The number of hydrogen-bond donors (Lipinski definition) is 1. The number of para-hydroxylation sites is 1. The van der Waals surface area contributed by atoms with E-state index in [2.05, 4.69) is 17.0 Å². The van der Waals surface area contributed by atoms with E-state index in [1.807, 2.05) is 6.07 Å². The van der Waals surface area contributed by atoms with Gasteiger partial charge in [0.2, 0.25) is 0 Å². The molecule has 0 aliphatic carbocycles. The predicted octanol–water partition coefficient (Wildman–Crippen LogP) is 12.5. The van der Waals surface area contributed by atoms with Gasteiger partial charge in [0, 0.05) is 6.61 Å². The van der Waals surface area contributed by atoms with Crippen LogP contribution < -0.4 is 10.3 Å². The topological polar surface area (TPSA) is 195 Å². The number of unbranched alkanes of at least 4 members (excludes halogenated alkanes) is 16. The molecule has 1 unspecified atom stereocenters. The minimum atomic E-state index is -4.64. The summed E-state index contributed by atoms with van der Waals surface area (Å²) in [5.74, 6) is -1.50. The van der Waals surface area contributed by atoms with E-state index in [1.165, 1.54) is 114 Å². The lowest BCUT2D eigenvalue weighted by molar-refractivity contribution is -0.157. The molecule has 3 heterocycles. The first-order valence-electron chi connectivity index (χ1n) is 24.1. The number of rotatable bonds is 34. The van der Waals surface area contributed by atoms with Gasteiger partial charge in [0.15, 0.2) is 17.7 Å². The zero-order valence-corrected chi connectivity index (χ0v) is 41.5. The normalized spacial score (nSPS) is 17.3. The van der Waals surface area contributed by atoms with Crippen molar-refractivity contribution in [1.29, 1.82) is 10.5 Å². The molecule has 2 aromatic carbocycles. The van der Waals surface area contributed by atoms with Crippen LogP contribution in [0.1, 0.15) is 153 Å². The molecule has 2 N–H and O–H groups in total. The van der Waals surface area contributed by atoms with Crippen LogP contribution in [0.25, 0.3) is 5.52 Å². The van der Waals surface area contributed by atoms with Gasteiger partial charge < -0.3 is 33.9 Å². The zero-order chi connectivity index (χ0) is 48.6. The number of nitrogen functional groups attached to an aromatic ring is 1. The van der Waals surface area contributed by atoms with Crippen LogP contribution in [0.4, 0.5) is 10.2 Å². The number of nitrogens with two attached hydrogens (primary N) is 1. The van der Waals surface area contributed by atoms with E-state index >= 15 is 0 Å². The fraction of sp³-hybridized carbons (Fsp3) is 0.600. The summed E-state index contributed by atoms with van der Waals surface area (Å²) in [6.45, 7) is 5.10. The maximum atomic E-state index is 14.7. The highest BCUT2D eigenvalue weighted by atomic mass is 35.5. The number of fused-ring (bicyclic) bond motifs is 1. The molecule has 0 radical (unpaired) electrons. The smallest absolute Gasteiger partial charge is 0.419 e. The fourth-order valence-electron chi connectivity index (χ4n) is 8.11. The minimum absolute atomic E-state index is 0.00274. The number of nitrogens with zero attached hydrogens (tertiary/aromatic N) is 5. The summed E-state index contributed by atoms with van der Waals surface area (Å²) in [6, 6.07) is 15.7. The molecule has 0 saturated carbocycles. The zero-order valence-electron chi connectivity index (χ0n) is 39.8. The molecule has 0 amide bonds. The molecule has 1 aliphatic heterocycles. The number of phosphoric ester groups is 1. The Labute approximate surface area is 406 Å². The molecule has 1 fully saturated rings. The van der Waals surface area contributed by atoms with Crippen LogP contribution >= 0.6 is 19.4 Å². The molecule has 1 aliphatic rings. The molecular weight excluding hydrogens is 914 g/mol. The van der Waals surface area contributed by atoms with Gasteiger partial charge >= 0.3 is 7.82 Å². The summed E-state index contributed by atoms with van der Waals surface area (Å²) in [5, 5.41) is 23.7. The van der Waals surface area contributed by atoms with Crippen molar-refractivity contribution in [1.82, 2.24) is 14.6 Å². The first-order valence-corrected chi connectivity index (χ1v) is 26.0. The van der Waals surface area contributed by atoms with E-state index in [0.29, 0.717) is 23.4 Å². The van der Waals surface area contributed by atoms with Crippen molar-refractivity contribution in [2.24, 2.45) is 0 Å². The highest BCUT2D eigenvalue weighted by Gasteiger charge is 2.49. The van der Waals surface area contributed by atoms with Crippen LogP contribution in [-0.4, -0.2) is 65.1 Å². The van der Waals surface area contributed by atoms with Gasteiger partial charge in [-0.2, -0.15) is 15.6 Å². The highest BCUT2D eigenvalue weighted by Crippen LogP contribution is 2.52. The van der Waals surface area contributed by atoms with Crippen LogP contribution in [0.5, 0.6) is 5.75 Å². The summed E-state index contributed by atoms with van der Waals surface area (Å²) in [7, 11) is -4.64. The number of anilines is 1. The number of hydrogen-bond acceptors (Lipinski definition) is 14. The Morgan fingerprint density at radius 1 is 0.868 bits per heavy atom. The highest BCUT2D eigenvalue weighted by molar-refractivity contribution is 7.48. The third-order valence-electron chi connectivity index (χ3n) is 11.6. The average Bonchev–Trinajstić information content (AvgIpc) is 3.90. The molecule has 372 valence electrons. The van der Waals surface area contributed by atoms with Crippen molar-refractivity contribution >= 4 is 30.8 Å². The van der Waals surface area contributed by atoms with Gasteiger partial charge in [-0.3, -0.25) is 9.05 Å². The van der Waals surface area contributed by atoms with Crippen LogP contribution in [0.15, 0.2) is 60.9 Å². The summed E-state index contributed by atoms with van der Waals surface area (Å²) in [5.41, 5.74) is 7.69. The van der Waals surface area contributed by atoms with Crippen molar-refractivity contribution < 1.29 is 46.2 Å². The van der Waals surface area contributed by atoms with E-state index in [9.17, 15) is 19.5 Å². The number of benzene rings is 2. The molecule has 68 heavy (non-hydrogen) atoms. The van der Waals surface area contributed by atoms with E-state index < -0.39 is 50.4 Å². The van der Waals surface area contributed by atoms with E-state index in [-0.39, 0.29) is 42.0 Å². The molecule has 18 heteroatoms. The Morgan fingerprint density at radius 2 is 1.51 bits per heavy atom. The van der Waals surface area contributed by atoms with Crippen molar-refractivity contribution in [3.05, 3.63) is 88.6 Å². The average molecular weight is 984 g/mol. The molecule has 0 spiro atoms. The maximum Gasteiger partial charge on any atom is 0.530 e. The minimum Gasteiger partial charge on any atom is -0.419 e. The second-order valence-corrected chi connectivity index (χ2v) is 19.7. The van der Waals surface area contributed by atoms with Gasteiger partial charge in [-0.15, -0.1) is 0 Å². The van der Waals surface area contributed by atoms with Gasteiger partial charge in [-0.1, -0.05) is 133 Å². The van der Waals surface area contributed by atoms with Crippen molar-refractivity contribution in [2.75, 3.05) is 32.2 Å². The third-order valence-corrected chi connectivity index (χ3v) is 13.3. The third kappa shape index (κ3) is 18.2. The Bertz CT molecular complexity index is 2260. The summed E-state index contributed by atoms with van der Waals surface area (Å²) in [4.78, 5) is 4.05. The van der Waals surface area contributed by atoms with Gasteiger partial charge in [0.05, 0.1) is 42.2 Å². The number of halogens is 2. The Morgan fingerprint density at radius 3 is 2.16 bits per heavy atom. The van der Waals surface area contributed by atoms with Crippen LogP contribution in [0.2, 0.25) is 5.02 Å². The number of phosphoric acid groups is 1. The van der Waals surface area contributed by atoms with E-state index in [4.69, 9.17) is 54.6 Å². The van der Waals surface area contributed by atoms with Crippen LogP contribution in [0.3, 0.4) is 0 Å². The molecule has 15 nitrogen and oxygen atoms in total. The largest absolute Gasteiger partial charge is 0.530 e. The van der Waals surface area contributed by atoms with E-state index in [1.54, 1.807) is 54.9 Å². The molecule has 1 saturated heterocycles. The van der Waals surface area contributed by atoms with Crippen molar-refractivity contribution in [3.8, 4) is 18.1 Å². The van der Waals surface area contributed by atoms with Crippen molar-refractivity contribution in [2.45, 2.75) is 167 Å².